The number of nitrogens with zero attached hydrogens (tertiary/aromatic N) is 4. The van der Waals surface area contributed by atoms with Gasteiger partial charge in [-0.3, -0.25) is 14.6 Å². The van der Waals surface area contributed by atoms with E-state index < -0.39 is 0 Å². The Balaban J connectivity index is 0.00000676. The van der Waals surface area contributed by atoms with Gasteiger partial charge in [0.15, 0.2) is 5.96 Å². The lowest BCUT2D eigenvalue weighted by Crippen LogP contribution is -2.45. The molecule has 0 unspecified atom stereocenters. The molecule has 1 rings (SSSR count). The first-order valence-electron chi connectivity index (χ1n) is 9.53. The average molecular weight is 494 g/mol. The second kappa shape index (κ2) is 13.3. The predicted octanol–water partition coefficient (Wildman–Crippen LogP) is 2.55. The number of methoxy groups -OCH3 is 1. The Kier molecular flexibility index (Phi) is 12.9. The largest absolute Gasteiger partial charge is 0.383 e. The van der Waals surface area contributed by atoms with Gasteiger partial charge in [-0.05, 0) is 41.5 Å². The minimum atomic E-state index is 0. The van der Waals surface area contributed by atoms with Crippen molar-refractivity contribution in [1.82, 2.24) is 25.3 Å². The third-order valence-electron chi connectivity index (χ3n) is 4.68. The number of aromatic nitrogens is 2. The number of halogens is 1. The molecular formula is C19H39IN6O. The number of rotatable bonds is 10. The highest BCUT2D eigenvalue weighted by Gasteiger charge is 2.14. The molecule has 0 bridgehead atoms. The highest BCUT2D eigenvalue weighted by atomic mass is 127. The molecule has 0 saturated carbocycles. The lowest BCUT2D eigenvalue weighted by Gasteiger charge is -2.30. The molecular weight excluding hydrogens is 455 g/mol. The molecule has 2 N–H and O–H groups in total. The first-order valence-corrected chi connectivity index (χ1v) is 9.53. The van der Waals surface area contributed by atoms with E-state index in [1.54, 1.807) is 14.2 Å². The van der Waals surface area contributed by atoms with Gasteiger partial charge < -0.3 is 15.4 Å². The quantitative estimate of drug-likeness (QED) is 0.298. The van der Waals surface area contributed by atoms with Gasteiger partial charge >= 0.3 is 0 Å². The molecule has 1 aromatic heterocycles. The summed E-state index contributed by atoms with van der Waals surface area (Å²) in [6.45, 7) is 17.1. The van der Waals surface area contributed by atoms with E-state index in [4.69, 9.17) is 4.74 Å². The Morgan fingerprint density at radius 2 is 1.81 bits per heavy atom. The van der Waals surface area contributed by atoms with E-state index in [-0.39, 0.29) is 24.0 Å². The first kappa shape index (κ1) is 26.1. The SMILES string of the molecule is CN=C(NCCN(C(C)C)C(C)C)NCc1c(C)nn(CCOC)c1C.I. The van der Waals surface area contributed by atoms with E-state index in [0.29, 0.717) is 25.2 Å². The number of aryl methyl sites for hydroxylation is 1. The van der Waals surface area contributed by atoms with Gasteiger partial charge in [0.25, 0.3) is 0 Å². The summed E-state index contributed by atoms with van der Waals surface area (Å²) in [5, 5.41) is 11.4. The molecule has 27 heavy (non-hydrogen) atoms. The summed E-state index contributed by atoms with van der Waals surface area (Å²) >= 11 is 0. The molecule has 0 saturated heterocycles. The van der Waals surface area contributed by atoms with E-state index in [2.05, 4.69) is 60.2 Å². The van der Waals surface area contributed by atoms with Crippen LogP contribution in [0.15, 0.2) is 4.99 Å². The molecule has 0 spiro atoms. The van der Waals surface area contributed by atoms with Gasteiger partial charge in [-0.2, -0.15) is 5.10 Å². The highest BCUT2D eigenvalue weighted by Crippen LogP contribution is 2.12. The second-order valence-corrected chi connectivity index (χ2v) is 7.14. The van der Waals surface area contributed by atoms with Gasteiger partial charge in [0.2, 0.25) is 0 Å². The molecule has 158 valence electrons. The van der Waals surface area contributed by atoms with Gasteiger partial charge in [-0.25, -0.2) is 0 Å². The van der Waals surface area contributed by atoms with Gasteiger partial charge in [0, 0.05) is 57.1 Å². The van der Waals surface area contributed by atoms with Crippen LogP contribution in [0.5, 0.6) is 0 Å². The number of ether oxygens (including phenoxy) is 1. The summed E-state index contributed by atoms with van der Waals surface area (Å²) < 4.78 is 7.16. The van der Waals surface area contributed by atoms with Crippen molar-refractivity contribution in [2.75, 3.05) is 33.9 Å². The van der Waals surface area contributed by atoms with Crippen LogP contribution in [0.2, 0.25) is 0 Å². The average Bonchev–Trinajstić information content (AvgIpc) is 2.85. The second-order valence-electron chi connectivity index (χ2n) is 7.14. The van der Waals surface area contributed by atoms with Crippen LogP contribution >= 0.6 is 24.0 Å². The summed E-state index contributed by atoms with van der Waals surface area (Å²) in [5.41, 5.74) is 3.44. The topological polar surface area (TPSA) is 66.7 Å². The molecule has 0 aliphatic carbocycles. The standard InChI is InChI=1S/C19H38N6O.HI/c1-14(2)24(15(3)4)10-9-21-19(20-7)22-13-18-16(5)23-25(17(18)6)11-12-26-8;/h14-15H,9-13H2,1-8H3,(H2,20,21,22);1H. The van der Waals surface area contributed by atoms with Gasteiger partial charge in [-0.1, -0.05) is 0 Å². The van der Waals surface area contributed by atoms with Crippen molar-refractivity contribution in [3.8, 4) is 0 Å². The molecule has 0 atom stereocenters. The summed E-state index contributed by atoms with van der Waals surface area (Å²) in [4.78, 5) is 6.80. The van der Waals surface area contributed by atoms with Crippen molar-refractivity contribution in [3.63, 3.8) is 0 Å². The monoisotopic (exact) mass is 494 g/mol. The Labute approximate surface area is 182 Å². The Morgan fingerprint density at radius 3 is 2.33 bits per heavy atom. The summed E-state index contributed by atoms with van der Waals surface area (Å²) in [5.74, 6) is 0.820. The minimum Gasteiger partial charge on any atom is -0.383 e. The van der Waals surface area contributed by atoms with Crippen LogP contribution in [0.25, 0.3) is 0 Å². The zero-order valence-corrected chi connectivity index (χ0v) is 20.6. The third kappa shape index (κ3) is 8.35. The number of hydrogen-bond donors (Lipinski definition) is 2. The van der Waals surface area contributed by atoms with Crippen LogP contribution in [-0.4, -0.2) is 66.6 Å². The van der Waals surface area contributed by atoms with Crippen molar-refractivity contribution >= 4 is 29.9 Å². The van der Waals surface area contributed by atoms with Crippen molar-refractivity contribution < 1.29 is 4.74 Å². The molecule has 0 aromatic carbocycles. The van der Waals surface area contributed by atoms with E-state index >= 15 is 0 Å². The van der Waals surface area contributed by atoms with Crippen molar-refractivity contribution in [2.24, 2.45) is 4.99 Å². The maximum absolute atomic E-state index is 5.15. The van der Waals surface area contributed by atoms with Gasteiger partial charge in [0.1, 0.15) is 0 Å². The molecule has 0 radical (unpaired) electrons. The van der Waals surface area contributed by atoms with Crippen molar-refractivity contribution in [2.45, 2.75) is 66.7 Å². The lowest BCUT2D eigenvalue weighted by atomic mass is 10.2. The molecule has 1 heterocycles. The Bertz CT molecular complexity index is 563. The van der Waals surface area contributed by atoms with Crippen molar-refractivity contribution in [1.29, 1.82) is 0 Å². The first-order chi connectivity index (χ1) is 12.3. The van der Waals surface area contributed by atoms with Crippen LogP contribution in [0, 0.1) is 13.8 Å². The number of guanidine groups is 1. The lowest BCUT2D eigenvalue weighted by molar-refractivity contribution is 0.178. The zero-order valence-electron chi connectivity index (χ0n) is 18.3. The fourth-order valence-electron chi connectivity index (χ4n) is 3.19. The van der Waals surface area contributed by atoms with Gasteiger partial charge in [-0.15, -0.1) is 24.0 Å². The molecule has 0 fully saturated rings. The number of aliphatic imine (C=N–C) groups is 1. The normalized spacial score (nSPS) is 12.0. The Morgan fingerprint density at radius 1 is 1.19 bits per heavy atom. The molecule has 1 aromatic rings. The van der Waals surface area contributed by atoms with Gasteiger partial charge in [0.05, 0.1) is 18.8 Å². The number of nitrogens with one attached hydrogen (secondary N) is 2. The fraction of sp³-hybridized carbons (Fsp3) is 0.789. The summed E-state index contributed by atoms with van der Waals surface area (Å²) in [7, 11) is 3.52. The van der Waals surface area contributed by atoms with Crippen molar-refractivity contribution in [3.05, 3.63) is 17.0 Å². The summed E-state index contributed by atoms with van der Waals surface area (Å²) in [6, 6.07) is 1.07. The fourth-order valence-corrected chi connectivity index (χ4v) is 3.19. The van der Waals surface area contributed by atoms with Crippen LogP contribution in [-0.2, 0) is 17.8 Å². The van der Waals surface area contributed by atoms with Crippen LogP contribution < -0.4 is 10.6 Å². The minimum absolute atomic E-state index is 0. The molecule has 0 amide bonds. The highest BCUT2D eigenvalue weighted by molar-refractivity contribution is 14.0. The maximum Gasteiger partial charge on any atom is 0.191 e. The van der Waals surface area contributed by atoms with E-state index in [1.807, 2.05) is 11.6 Å². The molecule has 8 heteroatoms. The van der Waals surface area contributed by atoms with Crippen LogP contribution in [0.4, 0.5) is 0 Å². The summed E-state index contributed by atoms with van der Waals surface area (Å²) in [6.07, 6.45) is 0. The van der Waals surface area contributed by atoms with E-state index in [9.17, 15) is 0 Å². The Hall–Kier alpha value is -0.870. The smallest absolute Gasteiger partial charge is 0.191 e. The van der Waals surface area contributed by atoms with E-state index in [1.165, 1.54) is 11.3 Å². The maximum atomic E-state index is 5.15. The number of hydrogen-bond acceptors (Lipinski definition) is 4. The molecule has 0 aliphatic rings. The zero-order chi connectivity index (χ0) is 19.7. The van der Waals surface area contributed by atoms with Crippen LogP contribution in [0.3, 0.4) is 0 Å². The third-order valence-corrected chi connectivity index (χ3v) is 4.68. The molecule has 7 nitrogen and oxygen atoms in total. The van der Waals surface area contributed by atoms with Crippen LogP contribution in [0.1, 0.15) is 44.6 Å². The predicted molar refractivity (Wildman–Crippen MR) is 124 cm³/mol. The molecule has 0 aliphatic heterocycles. The van der Waals surface area contributed by atoms with E-state index in [0.717, 1.165) is 31.3 Å².